The van der Waals surface area contributed by atoms with Crippen LogP contribution in [0.5, 0.6) is 5.75 Å². The Morgan fingerprint density at radius 1 is 1.14 bits per heavy atom. The summed E-state index contributed by atoms with van der Waals surface area (Å²) in [5, 5.41) is 10.1. The van der Waals surface area contributed by atoms with E-state index in [4.69, 9.17) is 4.74 Å². The normalized spacial score (nSPS) is 13.0. The maximum absolute atomic E-state index is 13.0. The number of hydrogen-bond donors (Lipinski definition) is 2. The molecule has 3 rings (SSSR count). The molecule has 0 aliphatic rings. The van der Waals surface area contributed by atoms with Gasteiger partial charge < -0.3 is 10.1 Å². The lowest BCUT2D eigenvalue weighted by atomic mass is 10.1. The van der Waals surface area contributed by atoms with Crippen LogP contribution >= 0.6 is 11.8 Å². The number of thioether (sulfide) groups is 1. The monoisotopic (exact) mass is 400 g/mol. The van der Waals surface area contributed by atoms with Crippen molar-refractivity contribution in [2.24, 2.45) is 0 Å². The summed E-state index contributed by atoms with van der Waals surface area (Å²) < 4.78 is 18.2. The lowest BCUT2D eigenvalue weighted by Crippen LogP contribution is -2.33. The zero-order valence-electron chi connectivity index (χ0n) is 15.8. The molecule has 2 atom stereocenters. The topological polar surface area (TPSA) is 79.9 Å². The van der Waals surface area contributed by atoms with E-state index in [1.807, 2.05) is 31.2 Å². The van der Waals surface area contributed by atoms with Crippen molar-refractivity contribution in [3.05, 3.63) is 59.9 Å². The molecule has 8 heteroatoms. The fourth-order valence-corrected chi connectivity index (χ4v) is 3.29. The number of nitrogens with zero attached hydrogens (tertiary/aromatic N) is 2. The van der Waals surface area contributed by atoms with Gasteiger partial charge in [0.2, 0.25) is 11.1 Å². The molecule has 1 aromatic heterocycles. The molecule has 0 saturated carbocycles. The second kappa shape index (κ2) is 8.88. The smallest absolute Gasteiger partial charge is 0.233 e. The summed E-state index contributed by atoms with van der Waals surface area (Å²) in [6.07, 6.45) is 0. The van der Waals surface area contributed by atoms with Crippen molar-refractivity contribution in [3.8, 4) is 17.1 Å². The van der Waals surface area contributed by atoms with Gasteiger partial charge >= 0.3 is 0 Å². The van der Waals surface area contributed by atoms with E-state index in [0.29, 0.717) is 11.0 Å². The van der Waals surface area contributed by atoms with Crippen LogP contribution in [0.2, 0.25) is 0 Å². The van der Waals surface area contributed by atoms with Gasteiger partial charge in [-0.1, -0.05) is 23.9 Å². The first kappa shape index (κ1) is 19.9. The number of rotatable bonds is 7. The van der Waals surface area contributed by atoms with Crippen LogP contribution in [0, 0.1) is 5.82 Å². The fourth-order valence-electron chi connectivity index (χ4n) is 2.55. The van der Waals surface area contributed by atoms with Gasteiger partial charge in [-0.15, -0.1) is 5.10 Å². The molecular formula is C20H21FN4O2S. The quantitative estimate of drug-likeness (QED) is 0.587. The van der Waals surface area contributed by atoms with Crippen molar-refractivity contribution in [2.45, 2.75) is 30.3 Å². The van der Waals surface area contributed by atoms with Gasteiger partial charge in [0.15, 0.2) is 5.82 Å². The summed E-state index contributed by atoms with van der Waals surface area (Å²) in [5.74, 6) is 0.942. The molecule has 0 fully saturated rings. The van der Waals surface area contributed by atoms with E-state index in [0.717, 1.165) is 16.9 Å². The van der Waals surface area contributed by atoms with E-state index in [9.17, 15) is 9.18 Å². The van der Waals surface area contributed by atoms with Gasteiger partial charge in [0.05, 0.1) is 18.4 Å². The van der Waals surface area contributed by atoms with Crippen molar-refractivity contribution in [1.82, 2.24) is 20.5 Å². The summed E-state index contributed by atoms with van der Waals surface area (Å²) in [6, 6.07) is 13.3. The molecule has 0 aliphatic carbocycles. The van der Waals surface area contributed by atoms with E-state index in [2.05, 4.69) is 20.5 Å². The first-order valence-electron chi connectivity index (χ1n) is 8.75. The third-order valence-electron chi connectivity index (χ3n) is 4.21. The summed E-state index contributed by atoms with van der Waals surface area (Å²) in [7, 11) is 1.61. The number of methoxy groups -OCH3 is 1. The summed E-state index contributed by atoms with van der Waals surface area (Å²) in [5.41, 5.74) is 1.72. The van der Waals surface area contributed by atoms with Crippen LogP contribution in [-0.4, -0.2) is 33.4 Å². The Labute approximate surface area is 166 Å². The number of ether oxygens (including phenoxy) is 1. The van der Waals surface area contributed by atoms with Crippen molar-refractivity contribution < 1.29 is 13.9 Å². The molecule has 28 heavy (non-hydrogen) atoms. The predicted octanol–water partition coefficient (Wildman–Crippen LogP) is 3.98. The molecular weight excluding hydrogens is 379 g/mol. The zero-order chi connectivity index (χ0) is 20.1. The van der Waals surface area contributed by atoms with E-state index >= 15 is 0 Å². The molecule has 0 saturated heterocycles. The minimum absolute atomic E-state index is 0.141. The van der Waals surface area contributed by atoms with Crippen LogP contribution < -0.4 is 10.1 Å². The molecule has 1 amide bonds. The molecule has 1 heterocycles. The Kier molecular flexibility index (Phi) is 6.30. The van der Waals surface area contributed by atoms with Crippen molar-refractivity contribution in [2.75, 3.05) is 7.11 Å². The standard InChI is InChI=1S/C20H21FN4O2S/c1-12(14-4-8-16(21)9-5-14)22-19(26)13(2)28-20-23-18(24-25-20)15-6-10-17(27-3)11-7-15/h4-13H,1-3H3,(H,22,26)(H,23,24,25)/t12-,13-/m1/s1. The van der Waals surface area contributed by atoms with E-state index in [1.165, 1.54) is 23.9 Å². The largest absolute Gasteiger partial charge is 0.497 e. The zero-order valence-corrected chi connectivity index (χ0v) is 16.6. The molecule has 2 N–H and O–H groups in total. The van der Waals surface area contributed by atoms with Gasteiger partial charge in [-0.3, -0.25) is 9.89 Å². The lowest BCUT2D eigenvalue weighted by molar-refractivity contribution is -0.120. The second-order valence-electron chi connectivity index (χ2n) is 6.24. The lowest BCUT2D eigenvalue weighted by Gasteiger charge is -2.17. The van der Waals surface area contributed by atoms with Crippen LogP contribution in [0.1, 0.15) is 25.5 Å². The Hall–Kier alpha value is -2.87. The van der Waals surface area contributed by atoms with Crippen LogP contribution in [0.15, 0.2) is 53.7 Å². The number of H-pyrrole nitrogens is 1. The summed E-state index contributed by atoms with van der Waals surface area (Å²) >= 11 is 1.26. The highest BCUT2D eigenvalue weighted by Crippen LogP contribution is 2.24. The average Bonchev–Trinajstić information content (AvgIpc) is 3.17. The van der Waals surface area contributed by atoms with Crippen molar-refractivity contribution >= 4 is 17.7 Å². The number of carbonyl (C=O) groups is 1. The van der Waals surface area contributed by atoms with Gasteiger partial charge in [0.1, 0.15) is 11.6 Å². The third-order valence-corrected chi connectivity index (χ3v) is 5.17. The number of halogens is 1. The van der Waals surface area contributed by atoms with Gasteiger partial charge in [-0.2, -0.15) is 0 Å². The Bertz CT molecular complexity index is 928. The number of carbonyl (C=O) groups excluding carboxylic acids is 1. The van der Waals surface area contributed by atoms with Crippen LogP contribution in [0.25, 0.3) is 11.4 Å². The highest BCUT2D eigenvalue weighted by Gasteiger charge is 2.19. The number of amides is 1. The molecule has 0 aliphatic heterocycles. The van der Waals surface area contributed by atoms with Crippen LogP contribution in [0.3, 0.4) is 0 Å². The van der Waals surface area contributed by atoms with Gasteiger partial charge in [-0.25, -0.2) is 9.37 Å². The molecule has 0 radical (unpaired) electrons. The first-order valence-corrected chi connectivity index (χ1v) is 9.63. The Morgan fingerprint density at radius 3 is 2.46 bits per heavy atom. The number of benzene rings is 2. The Morgan fingerprint density at radius 2 is 1.82 bits per heavy atom. The summed E-state index contributed by atoms with van der Waals surface area (Å²) in [4.78, 5) is 16.9. The SMILES string of the molecule is COc1ccc(-c2nc(S[C@H](C)C(=O)N[C@H](C)c3ccc(F)cc3)n[nH]2)cc1. The van der Waals surface area contributed by atoms with Gasteiger partial charge in [-0.05, 0) is 55.8 Å². The molecule has 3 aromatic rings. The first-order chi connectivity index (χ1) is 13.5. The average molecular weight is 400 g/mol. The van der Waals surface area contributed by atoms with Gasteiger partial charge in [0, 0.05) is 5.56 Å². The third kappa shape index (κ3) is 4.89. The molecule has 0 unspecified atom stereocenters. The molecule has 2 aromatic carbocycles. The molecule has 0 spiro atoms. The number of aromatic amines is 1. The van der Waals surface area contributed by atoms with Crippen LogP contribution in [0.4, 0.5) is 4.39 Å². The highest BCUT2D eigenvalue weighted by molar-refractivity contribution is 8.00. The molecule has 6 nitrogen and oxygen atoms in total. The minimum Gasteiger partial charge on any atom is -0.497 e. The number of hydrogen-bond acceptors (Lipinski definition) is 5. The predicted molar refractivity (Wildman–Crippen MR) is 107 cm³/mol. The van der Waals surface area contributed by atoms with Gasteiger partial charge in [0.25, 0.3) is 0 Å². The van der Waals surface area contributed by atoms with E-state index in [1.54, 1.807) is 26.2 Å². The highest BCUT2D eigenvalue weighted by atomic mass is 32.2. The number of nitrogens with one attached hydrogen (secondary N) is 2. The van der Waals surface area contributed by atoms with E-state index < -0.39 is 0 Å². The maximum atomic E-state index is 13.0. The van der Waals surface area contributed by atoms with Crippen molar-refractivity contribution in [3.63, 3.8) is 0 Å². The number of aromatic nitrogens is 3. The maximum Gasteiger partial charge on any atom is 0.233 e. The second-order valence-corrected chi connectivity index (χ2v) is 7.54. The van der Waals surface area contributed by atoms with Crippen molar-refractivity contribution in [1.29, 1.82) is 0 Å². The van der Waals surface area contributed by atoms with Crippen LogP contribution in [-0.2, 0) is 4.79 Å². The summed E-state index contributed by atoms with van der Waals surface area (Å²) in [6.45, 7) is 3.65. The molecule has 146 valence electrons. The van der Waals surface area contributed by atoms with E-state index in [-0.39, 0.29) is 23.0 Å². The fraction of sp³-hybridized carbons (Fsp3) is 0.250. The Balaban J connectivity index is 1.59. The molecule has 0 bridgehead atoms. The minimum atomic E-state index is -0.387.